The molecule has 0 unspecified atom stereocenters. The molecule has 0 spiro atoms. The molecule has 0 aliphatic heterocycles. The minimum atomic E-state index is 0.340. The van der Waals surface area contributed by atoms with E-state index in [-0.39, 0.29) is 0 Å². The number of hydrogen-bond acceptors (Lipinski definition) is 8. The average molecular weight is 383 g/mol. The molecule has 28 heavy (non-hydrogen) atoms. The van der Waals surface area contributed by atoms with Crippen LogP contribution in [0.1, 0.15) is 0 Å². The number of benzene rings is 2. The van der Waals surface area contributed by atoms with E-state index in [0.29, 0.717) is 34.6 Å². The second-order valence-electron chi connectivity index (χ2n) is 5.49. The molecule has 0 aliphatic carbocycles. The number of aromatic nitrogens is 2. The lowest BCUT2D eigenvalue weighted by molar-refractivity contribution is 0.308. The molecule has 0 N–H and O–H groups in total. The van der Waals surface area contributed by atoms with Crippen molar-refractivity contribution < 1.29 is 23.8 Å². The van der Waals surface area contributed by atoms with Crippen molar-refractivity contribution in [3.63, 3.8) is 0 Å². The van der Waals surface area contributed by atoms with Crippen LogP contribution in [0.3, 0.4) is 0 Å². The molecule has 0 saturated carbocycles. The first-order chi connectivity index (χ1) is 13.7. The second-order valence-corrected chi connectivity index (χ2v) is 5.49. The zero-order valence-electron chi connectivity index (χ0n) is 16.1. The Labute approximate surface area is 163 Å². The molecule has 0 saturated heterocycles. The van der Waals surface area contributed by atoms with E-state index in [1.807, 2.05) is 0 Å². The Morgan fingerprint density at radius 2 is 1.29 bits per heavy atom. The molecule has 3 aromatic rings. The van der Waals surface area contributed by atoms with Gasteiger partial charge in [-0.1, -0.05) is 0 Å². The van der Waals surface area contributed by atoms with Gasteiger partial charge in [-0.25, -0.2) is 9.97 Å². The van der Waals surface area contributed by atoms with Gasteiger partial charge in [0, 0.05) is 24.5 Å². The molecular weight excluding hydrogens is 362 g/mol. The SMILES string of the molecule is COc1ccc(ON(c2cc(OC)c(OC)c(OC)c2)c2ncccn2)cc1. The summed E-state index contributed by atoms with van der Waals surface area (Å²) in [6.45, 7) is 0. The van der Waals surface area contributed by atoms with Crippen molar-refractivity contribution in [1.82, 2.24) is 9.97 Å². The standard InChI is InChI=1S/C20H21N3O5/c1-24-15-6-8-16(9-7-15)28-23(20-21-10-5-11-22-20)14-12-17(25-2)19(27-4)18(13-14)26-3/h5-13H,1-4H3. The lowest BCUT2D eigenvalue weighted by Crippen LogP contribution is -2.23. The van der Waals surface area contributed by atoms with E-state index in [1.54, 1.807) is 83.3 Å². The summed E-state index contributed by atoms with van der Waals surface area (Å²) in [7, 11) is 6.26. The molecule has 146 valence electrons. The molecule has 3 rings (SSSR count). The van der Waals surface area contributed by atoms with E-state index in [1.165, 1.54) is 5.06 Å². The van der Waals surface area contributed by atoms with Crippen molar-refractivity contribution >= 4 is 11.6 Å². The van der Waals surface area contributed by atoms with E-state index in [4.69, 9.17) is 23.8 Å². The average Bonchev–Trinajstić information content (AvgIpc) is 2.77. The van der Waals surface area contributed by atoms with Crippen LogP contribution in [0.4, 0.5) is 11.6 Å². The third kappa shape index (κ3) is 4.01. The summed E-state index contributed by atoms with van der Waals surface area (Å²) in [4.78, 5) is 14.6. The summed E-state index contributed by atoms with van der Waals surface area (Å²) < 4.78 is 21.5. The number of anilines is 2. The zero-order valence-corrected chi connectivity index (χ0v) is 16.1. The van der Waals surface area contributed by atoms with Gasteiger partial charge in [-0.15, -0.1) is 5.06 Å². The van der Waals surface area contributed by atoms with Gasteiger partial charge in [-0.2, -0.15) is 0 Å². The van der Waals surface area contributed by atoms with Crippen LogP contribution in [-0.4, -0.2) is 38.4 Å². The summed E-state index contributed by atoms with van der Waals surface area (Å²) in [5.41, 5.74) is 0.594. The van der Waals surface area contributed by atoms with Crippen LogP contribution < -0.4 is 28.8 Å². The maximum atomic E-state index is 6.06. The van der Waals surface area contributed by atoms with Crippen LogP contribution in [0.15, 0.2) is 54.9 Å². The first-order valence-corrected chi connectivity index (χ1v) is 8.39. The van der Waals surface area contributed by atoms with Gasteiger partial charge < -0.3 is 23.8 Å². The van der Waals surface area contributed by atoms with Gasteiger partial charge in [-0.3, -0.25) is 0 Å². The van der Waals surface area contributed by atoms with Gasteiger partial charge >= 0.3 is 0 Å². The van der Waals surface area contributed by atoms with Crippen molar-refractivity contribution in [2.24, 2.45) is 0 Å². The largest absolute Gasteiger partial charge is 0.497 e. The normalized spacial score (nSPS) is 10.1. The highest BCUT2D eigenvalue weighted by atomic mass is 16.7. The summed E-state index contributed by atoms with van der Waals surface area (Å²) in [5.74, 6) is 3.08. The summed E-state index contributed by atoms with van der Waals surface area (Å²) in [5, 5.41) is 1.48. The maximum absolute atomic E-state index is 6.06. The summed E-state index contributed by atoms with van der Waals surface area (Å²) in [6.07, 6.45) is 3.26. The Bertz CT molecular complexity index is 878. The van der Waals surface area contributed by atoms with Gasteiger partial charge in [-0.05, 0) is 30.3 Å². The van der Waals surface area contributed by atoms with Crippen molar-refractivity contribution in [3.8, 4) is 28.7 Å². The van der Waals surface area contributed by atoms with Crippen molar-refractivity contribution in [2.75, 3.05) is 33.5 Å². The number of hydrogen-bond donors (Lipinski definition) is 0. The second kappa shape index (κ2) is 8.81. The molecule has 0 fully saturated rings. The van der Waals surface area contributed by atoms with Gasteiger partial charge in [0.15, 0.2) is 17.2 Å². The predicted molar refractivity (Wildman–Crippen MR) is 104 cm³/mol. The predicted octanol–water partition coefficient (Wildman–Crippen LogP) is 3.64. The number of methoxy groups -OCH3 is 4. The fourth-order valence-electron chi connectivity index (χ4n) is 2.53. The molecule has 1 aromatic heterocycles. The van der Waals surface area contributed by atoms with Gasteiger partial charge in [0.1, 0.15) is 5.75 Å². The number of rotatable bonds is 8. The van der Waals surface area contributed by atoms with Gasteiger partial charge in [0.05, 0.1) is 34.1 Å². The Morgan fingerprint density at radius 1 is 0.714 bits per heavy atom. The first-order valence-electron chi connectivity index (χ1n) is 8.39. The van der Waals surface area contributed by atoms with E-state index < -0.39 is 0 Å². The highest BCUT2D eigenvalue weighted by Gasteiger charge is 2.21. The highest BCUT2D eigenvalue weighted by Crippen LogP contribution is 2.42. The maximum Gasteiger partial charge on any atom is 0.264 e. The van der Waals surface area contributed by atoms with E-state index >= 15 is 0 Å². The topological polar surface area (TPSA) is 75.2 Å². The molecule has 1 heterocycles. The number of nitrogens with zero attached hydrogens (tertiary/aromatic N) is 3. The molecule has 2 aromatic carbocycles. The Balaban J connectivity index is 2.06. The Hall–Kier alpha value is -3.68. The van der Waals surface area contributed by atoms with Crippen LogP contribution in [0.5, 0.6) is 28.7 Å². The molecule has 0 bridgehead atoms. The van der Waals surface area contributed by atoms with Crippen molar-refractivity contribution in [1.29, 1.82) is 0 Å². The molecule has 0 amide bonds. The molecular formula is C20H21N3O5. The van der Waals surface area contributed by atoms with Crippen LogP contribution in [0.2, 0.25) is 0 Å². The quantitative estimate of drug-likeness (QED) is 0.546. The lowest BCUT2D eigenvalue weighted by atomic mass is 10.2. The van der Waals surface area contributed by atoms with Crippen molar-refractivity contribution in [3.05, 3.63) is 54.9 Å². The van der Waals surface area contributed by atoms with Crippen molar-refractivity contribution in [2.45, 2.75) is 0 Å². The van der Waals surface area contributed by atoms with E-state index in [2.05, 4.69) is 9.97 Å². The lowest BCUT2D eigenvalue weighted by Gasteiger charge is -2.24. The fraction of sp³-hybridized carbons (Fsp3) is 0.200. The zero-order chi connectivity index (χ0) is 19.9. The highest BCUT2D eigenvalue weighted by molar-refractivity contribution is 5.66. The third-order valence-electron chi connectivity index (χ3n) is 3.87. The monoisotopic (exact) mass is 383 g/mol. The van der Waals surface area contributed by atoms with Crippen LogP contribution in [-0.2, 0) is 0 Å². The Morgan fingerprint density at radius 3 is 1.79 bits per heavy atom. The van der Waals surface area contributed by atoms with Crippen LogP contribution >= 0.6 is 0 Å². The van der Waals surface area contributed by atoms with E-state index in [0.717, 1.165) is 5.75 Å². The van der Waals surface area contributed by atoms with Crippen LogP contribution in [0, 0.1) is 0 Å². The first kappa shape index (κ1) is 19.1. The molecule has 0 radical (unpaired) electrons. The summed E-state index contributed by atoms with van der Waals surface area (Å²) in [6, 6.07) is 12.4. The smallest absolute Gasteiger partial charge is 0.264 e. The molecule has 8 heteroatoms. The van der Waals surface area contributed by atoms with Gasteiger partial charge in [0.2, 0.25) is 5.75 Å². The van der Waals surface area contributed by atoms with Gasteiger partial charge in [0.25, 0.3) is 5.95 Å². The summed E-state index contributed by atoms with van der Waals surface area (Å²) >= 11 is 0. The minimum Gasteiger partial charge on any atom is -0.497 e. The van der Waals surface area contributed by atoms with Crippen LogP contribution in [0.25, 0.3) is 0 Å². The molecule has 0 atom stereocenters. The number of ether oxygens (including phenoxy) is 4. The van der Waals surface area contributed by atoms with E-state index in [9.17, 15) is 0 Å². The fourth-order valence-corrected chi connectivity index (χ4v) is 2.53. The third-order valence-corrected chi connectivity index (χ3v) is 3.87. The minimum absolute atomic E-state index is 0.340. The molecule has 0 aliphatic rings. The molecule has 8 nitrogen and oxygen atoms in total. The Kier molecular flexibility index (Phi) is 6.01.